The molecule has 0 bridgehead atoms. The molecule has 0 aliphatic carbocycles. The number of hydrogen-bond acceptors (Lipinski definition) is 2. The van der Waals surface area contributed by atoms with Crippen molar-refractivity contribution >= 4 is 32.8 Å². The Morgan fingerprint density at radius 3 is 2.50 bits per heavy atom. The Morgan fingerprint density at radius 2 is 1.65 bits per heavy atom. The second-order valence-corrected chi connectivity index (χ2v) is 5.37. The Balaban J connectivity index is 2.32. The minimum absolute atomic E-state index is 0.918. The lowest BCUT2D eigenvalue weighted by Crippen LogP contribution is -1.89. The number of para-hydroxylation sites is 1. The molecule has 0 radical (unpaired) electrons. The largest absolute Gasteiger partial charge is 0.461 e. The summed E-state index contributed by atoms with van der Waals surface area (Å²) in [5, 5.41) is 3.55. The maximum atomic E-state index is 5.94. The highest BCUT2D eigenvalue weighted by molar-refractivity contribution is 6.16. The van der Waals surface area contributed by atoms with Gasteiger partial charge in [0.2, 0.25) is 0 Å². The van der Waals surface area contributed by atoms with Crippen molar-refractivity contribution in [3.05, 3.63) is 53.3 Å². The first-order chi connectivity index (χ1) is 9.66. The SMILES string of the molecule is Cc1oc2ccc3c4ccccc4nc3c2c(C)c1C. The molecule has 2 aromatic heterocycles. The quantitative estimate of drug-likeness (QED) is 0.442. The Morgan fingerprint density at radius 1 is 0.850 bits per heavy atom. The minimum Gasteiger partial charge on any atom is -0.461 e. The zero-order valence-electron chi connectivity index (χ0n) is 11.8. The molecule has 2 nitrogen and oxygen atoms in total. The molecule has 0 amide bonds. The monoisotopic (exact) mass is 261 g/mol. The third-order valence-corrected chi connectivity index (χ3v) is 4.29. The first kappa shape index (κ1) is 11.5. The lowest BCUT2D eigenvalue weighted by atomic mass is 10.0. The molecule has 98 valence electrons. The maximum absolute atomic E-state index is 5.94. The Labute approximate surface area is 117 Å². The molecule has 2 heteroatoms. The van der Waals surface area contributed by atoms with Crippen molar-refractivity contribution < 1.29 is 4.42 Å². The number of benzene rings is 2. The summed E-state index contributed by atoms with van der Waals surface area (Å²) in [5.41, 5.74) is 5.48. The summed E-state index contributed by atoms with van der Waals surface area (Å²) in [5.74, 6) is 0.977. The summed E-state index contributed by atoms with van der Waals surface area (Å²) >= 11 is 0. The molecule has 0 aliphatic heterocycles. The molecule has 2 heterocycles. The number of hydrogen-bond donors (Lipinski definition) is 0. The number of fused-ring (bicyclic) bond motifs is 5. The normalized spacial score (nSPS) is 11.8. The summed E-state index contributed by atoms with van der Waals surface area (Å²) in [6.07, 6.45) is 0. The summed E-state index contributed by atoms with van der Waals surface area (Å²) in [6.45, 7) is 6.27. The fourth-order valence-electron chi connectivity index (χ4n) is 2.97. The van der Waals surface area contributed by atoms with Gasteiger partial charge in [0.25, 0.3) is 0 Å². The Kier molecular flexibility index (Phi) is 2.19. The number of nitrogens with zero attached hydrogens (tertiary/aromatic N) is 1. The molecular formula is C18H15NO. The zero-order chi connectivity index (χ0) is 13.9. The summed E-state index contributed by atoms with van der Waals surface area (Å²) in [6, 6.07) is 12.5. The van der Waals surface area contributed by atoms with E-state index in [-0.39, 0.29) is 0 Å². The van der Waals surface area contributed by atoms with E-state index in [1.165, 1.54) is 21.9 Å². The van der Waals surface area contributed by atoms with Gasteiger partial charge in [-0.05, 0) is 50.1 Å². The van der Waals surface area contributed by atoms with Crippen LogP contribution in [0.1, 0.15) is 16.9 Å². The first-order valence-corrected chi connectivity index (χ1v) is 6.84. The molecule has 0 saturated heterocycles. The first-order valence-electron chi connectivity index (χ1n) is 6.84. The van der Waals surface area contributed by atoms with Crippen LogP contribution in [0, 0.1) is 20.8 Å². The van der Waals surface area contributed by atoms with E-state index in [9.17, 15) is 0 Å². The molecular weight excluding hydrogens is 246 g/mol. The van der Waals surface area contributed by atoms with Crippen LogP contribution < -0.4 is 0 Å². The van der Waals surface area contributed by atoms with Crippen LogP contribution in [0.2, 0.25) is 0 Å². The smallest absolute Gasteiger partial charge is 0.136 e. The van der Waals surface area contributed by atoms with Crippen LogP contribution in [0.3, 0.4) is 0 Å². The molecule has 0 aliphatic rings. The second-order valence-electron chi connectivity index (χ2n) is 5.37. The lowest BCUT2D eigenvalue weighted by molar-refractivity contribution is 0.559. The van der Waals surface area contributed by atoms with Gasteiger partial charge in [-0.15, -0.1) is 0 Å². The third-order valence-electron chi connectivity index (χ3n) is 4.29. The van der Waals surface area contributed by atoms with Crippen LogP contribution in [0.25, 0.3) is 32.8 Å². The average molecular weight is 261 g/mol. The molecule has 20 heavy (non-hydrogen) atoms. The molecule has 0 N–H and O–H groups in total. The van der Waals surface area contributed by atoms with Gasteiger partial charge >= 0.3 is 0 Å². The lowest BCUT2D eigenvalue weighted by Gasteiger charge is -2.09. The van der Waals surface area contributed by atoms with E-state index in [4.69, 9.17) is 9.40 Å². The standard InChI is InChI=1S/C18H15NO/c1-10-11(2)17-16(20-12(10)3)9-8-14-13-6-4-5-7-15(13)19-18(14)17/h4-9H,1-3H3. The van der Waals surface area contributed by atoms with Crippen molar-refractivity contribution in [1.29, 1.82) is 0 Å². The van der Waals surface area contributed by atoms with Gasteiger partial charge in [-0.1, -0.05) is 18.2 Å². The molecule has 0 spiro atoms. The van der Waals surface area contributed by atoms with E-state index in [0.29, 0.717) is 0 Å². The summed E-state index contributed by atoms with van der Waals surface area (Å²) in [7, 11) is 0. The van der Waals surface area contributed by atoms with Gasteiger partial charge in [-0.2, -0.15) is 0 Å². The van der Waals surface area contributed by atoms with Gasteiger partial charge in [-0.3, -0.25) is 0 Å². The molecule has 2 aromatic carbocycles. The van der Waals surface area contributed by atoms with Crippen molar-refractivity contribution in [3.8, 4) is 0 Å². The second kappa shape index (κ2) is 3.83. The summed E-state index contributed by atoms with van der Waals surface area (Å²) in [4.78, 5) is 4.81. The minimum atomic E-state index is 0.918. The van der Waals surface area contributed by atoms with E-state index in [0.717, 1.165) is 27.8 Å². The average Bonchev–Trinajstić information content (AvgIpc) is 2.83. The van der Waals surface area contributed by atoms with Gasteiger partial charge in [0.1, 0.15) is 11.3 Å². The van der Waals surface area contributed by atoms with Crippen LogP contribution >= 0.6 is 0 Å². The number of aromatic nitrogens is 1. The number of aryl methyl sites for hydroxylation is 2. The molecule has 0 saturated carbocycles. The van der Waals surface area contributed by atoms with Crippen LogP contribution in [0.4, 0.5) is 0 Å². The molecule has 0 unspecified atom stereocenters. The fraction of sp³-hybridized carbons (Fsp3) is 0.167. The van der Waals surface area contributed by atoms with Gasteiger partial charge in [0, 0.05) is 16.2 Å². The molecule has 4 rings (SSSR count). The van der Waals surface area contributed by atoms with E-state index >= 15 is 0 Å². The highest BCUT2D eigenvalue weighted by atomic mass is 16.3. The van der Waals surface area contributed by atoms with E-state index in [1.807, 2.05) is 13.0 Å². The van der Waals surface area contributed by atoms with Crippen molar-refractivity contribution in [2.45, 2.75) is 20.8 Å². The van der Waals surface area contributed by atoms with Crippen LogP contribution in [0.5, 0.6) is 0 Å². The van der Waals surface area contributed by atoms with E-state index < -0.39 is 0 Å². The maximum Gasteiger partial charge on any atom is 0.136 e. The third kappa shape index (κ3) is 1.36. The van der Waals surface area contributed by atoms with Crippen molar-refractivity contribution in [3.63, 3.8) is 0 Å². The van der Waals surface area contributed by atoms with Gasteiger partial charge < -0.3 is 4.42 Å². The van der Waals surface area contributed by atoms with E-state index in [2.05, 4.69) is 44.2 Å². The Hall–Kier alpha value is -2.35. The van der Waals surface area contributed by atoms with Crippen LogP contribution in [-0.4, -0.2) is 4.98 Å². The van der Waals surface area contributed by atoms with Crippen LogP contribution in [-0.2, 0) is 0 Å². The van der Waals surface area contributed by atoms with Crippen molar-refractivity contribution in [1.82, 2.24) is 4.98 Å². The van der Waals surface area contributed by atoms with Gasteiger partial charge in [-0.25, -0.2) is 4.98 Å². The van der Waals surface area contributed by atoms with Crippen molar-refractivity contribution in [2.24, 2.45) is 0 Å². The highest BCUT2D eigenvalue weighted by Crippen LogP contribution is 2.34. The number of rotatable bonds is 0. The van der Waals surface area contributed by atoms with Crippen LogP contribution in [0.15, 0.2) is 40.8 Å². The Bertz CT molecular complexity index is 979. The van der Waals surface area contributed by atoms with Gasteiger partial charge in [0.15, 0.2) is 0 Å². The van der Waals surface area contributed by atoms with Crippen molar-refractivity contribution in [2.75, 3.05) is 0 Å². The fourth-order valence-corrected chi connectivity index (χ4v) is 2.97. The molecule has 4 aromatic rings. The molecule has 0 fully saturated rings. The van der Waals surface area contributed by atoms with E-state index in [1.54, 1.807) is 0 Å². The predicted octanol–water partition coefficient (Wildman–Crippen LogP) is 5.06. The molecule has 0 atom stereocenters. The topological polar surface area (TPSA) is 26.0 Å². The highest BCUT2D eigenvalue weighted by Gasteiger charge is 2.14. The predicted molar refractivity (Wildman–Crippen MR) is 83.2 cm³/mol. The van der Waals surface area contributed by atoms with Gasteiger partial charge in [0.05, 0.1) is 11.0 Å². The zero-order valence-corrected chi connectivity index (χ0v) is 11.8. The summed E-state index contributed by atoms with van der Waals surface area (Å²) < 4.78 is 5.94.